The maximum Gasteiger partial charge on any atom is 0.416 e. The first-order valence-electron chi connectivity index (χ1n) is 9.03. The molecule has 0 radical (unpaired) electrons. The Morgan fingerprint density at radius 1 is 1.04 bits per heavy atom. The largest absolute Gasteiger partial charge is 0.416 e. The lowest BCUT2D eigenvalue weighted by Gasteiger charge is -2.38. The summed E-state index contributed by atoms with van der Waals surface area (Å²) in [4.78, 5) is 31.2. The standard InChI is InChI=1S/C21H17F3N2O2/c22-21(23,24)16-7-2-1-6-14(16)15-11-19(28)26(13-5-4-10-25-12-13)17-8-3-9-18(27)20(15)17/h1-2,4-7,10,12,15H,3,8-9,11H2. The third-order valence-corrected chi connectivity index (χ3v) is 5.22. The number of alkyl halides is 3. The predicted molar refractivity (Wildman–Crippen MR) is 96.4 cm³/mol. The topological polar surface area (TPSA) is 50.3 Å². The summed E-state index contributed by atoms with van der Waals surface area (Å²) in [5, 5.41) is 0. The molecule has 2 aliphatic rings. The van der Waals surface area contributed by atoms with Crippen LogP contribution >= 0.6 is 0 Å². The highest BCUT2D eigenvalue weighted by Crippen LogP contribution is 2.46. The van der Waals surface area contributed by atoms with Crippen LogP contribution in [0.25, 0.3) is 0 Å². The van der Waals surface area contributed by atoms with Crippen molar-refractivity contribution < 1.29 is 22.8 Å². The van der Waals surface area contributed by atoms with Gasteiger partial charge in [0.2, 0.25) is 5.91 Å². The number of allylic oxidation sites excluding steroid dienone is 2. The summed E-state index contributed by atoms with van der Waals surface area (Å²) in [5.74, 6) is -1.41. The Hall–Kier alpha value is -2.96. The minimum atomic E-state index is -4.56. The van der Waals surface area contributed by atoms with Crippen LogP contribution in [-0.2, 0) is 15.8 Å². The van der Waals surface area contributed by atoms with Crippen LogP contribution in [0.3, 0.4) is 0 Å². The number of carbonyl (C=O) groups excluding carboxylic acids is 2. The number of Topliss-reactive ketones (excluding diaryl/α,β-unsaturated/α-hetero) is 1. The van der Waals surface area contributed by atoms with E-state index in [0.717, 1.165) is 6.07 Å². The first kappa shape index (κ1) is 18.4. The van der Waals surface area contributed by atoms with E-state index >= 15 is 0 Å². The van der Waals surface area contributed by atoms with Gasteiger partial charge in [0.05, 0.1) is 17.4 Å². The van der Waals surface area contributed by atoms with Crippen molar-refractivity contribution in [1.29, 1.82) is 0 Å². The molecule has 1 amide bonds. The van der Waals surface area contributed by atoms with E-state index in [9.17, 15) is 22.8 Å². The third-order valence-electron chi connectivity index (χ3n) is 5.22. The molecule has 1 aromatic heterocycles. The number of hydrogen-bond donors (Lipinski definition) is 0. The van der Waals surface area contributed by atoms with Gasteiger partial charge in [0.1, 0.15) is 0 Å². The van der Waals surface area contributed by atoms with Gasteiger partial charge in [0.25, 0.3) is 0 Å². The van der Waals surface area contributed by atoms with Gasteiger partial charge in [-0.15, -0.1) is 0 Å². The van der Waals surface area contributed by atoms with Crippen molar-refractivity contribution >= 4 is 17.4 Å². The summed E-state index contributed by atoms with van der Waals surface area (Å²) in [6.07, 6.45) is -0.349. The van der Waals surface area contributed by atoms with E-state index in [2.05, 4.69) is 4.98 Å². The van der Waals surface area contributed by atoms with Crippen LogP contribution in [0.1, 0.15) is 42.7 Å². The van der Waals surface area contributed by atoms with E-state index in [1.54, 1.807) is 18.3 Å². The molecule has 0 saturated heterocycles. The van der Waals surface area contributed by atoms with E-state index in [1.807, 2.05) is 0 Å². The molecule has 2 aromatic rings. The Morgan fingerprint density at radius 2 is 1.82 bits per heavy atom. The molecule has 2 heterocycles. The fourth-order valence-electron chi connectivity index (χ4n) is 4.10. The fraction of sp³-hybridized carbons (Fsp3) is 0.286. The van der Waals surface area contributed by atoms with Crippen molar-refractivity contribution in [3.05, 3.63) is 71.2 Å². The van der Waals surface area contributed by atoms with Gasteiger partial charge in [-0.05, 0) is 36.6 Å². The summed E-state index contributed by atoms with van der Waals surface area (Å²) in [7, 11) is 0. The molecule has 144 valence electrons. The monoisotopic (exact) mass is 386 g/mol. The summed E-state index contributed by atoms with van der Waals surface area (Å²) in [5.41, 5.74) is 0.538. The second-order valence-electron chi connectivity index (χ2n) is 6.92. The van der Waals surface area contributed by atoms with Gasteiger partial charge >= 0.3 is 6.18 Å². The second kappa shape index (κ2) is 6.89. The fourth-order valence-corrected chi connectivity index (χ4v) is 4.10. The Labute approximate surface area is 159 Å². The third kappa shape index (κ3) is 3.10. The zero-order valence-electron chi connectivity index (χ0n) is 14.9. The maximum atomic E-state index is 13.6. The number of carbonyl (C=O) groups is 2. The highest BCUT2D eigenvalue weighted by atomic mass is 19.4. The van der Waals surface area contributed by atoms with Gasteiger partial charge in [0, 0.05) is 36.2 Å². The molecule has 1 aromatic carbocycles. The molecule has 0 N–H and O–H groups in total. The normalized spacial score (nSPS) is 20.4. The zero-order valence-corrected chi connectivity index (χ0v) is 14.9. The lowest BCUT2D eigenvalue weighted by Crippen LogP contribution is -2.41. The average molecular weight is 386 g/mol. The number of halogens is 3. The summed E-state index contributed by atoms with van der Waals surface area (Å²) >= 11 is 0. The summed E-state index contributed by atoms with van der Waals surface area (Å²) < 4.78 is 40.7. The molecular weight excluding hydrogens is 369 g/mol. The molecule has 28 heavy (non-hydrogen) atoms. The van der Waals surface area contributed by atoms with Crippen molar-refractivity contribution in [2.24, 2.45) is 0 Å². The number of aromatic nitrogens is 1. The number of pyridine rings is 1. The Bertz CT molecular complexity index is 967. The van der Waals surface area contributed by atoms with Gasteiger partial charge in [-0.25, -0.2) is 0 Å². The first-order chi connectivity index (χ1) is 13.4. The van der Waals surface area contributed by atoms with Gasteiger partial charge in [0.15, 0.2) is 5.78 Å². The van der Waals surface area contributed by atoms with Crippen molar-refractivity contribution in [2.45, 2.75) is 37.8 Å². The van der Waals surface area contributed by atoms with Crippen molar-refractivity contribution in [3.63, 3.8) is 0 Å². The second-order valence-corrected chi connectivity index (χ2v) is 6.92. The molecule has 0 spiro atoms. The smallest absolute Gasteiger partial charge is 0.294 e. The predicted octanol–water partition coefficient (Wildman–Crippen LogP) is 4.63. The number of anilines is 1. The quantitative estimate of drug-likeness (QED) is 0.756. The molecule has 1 aliphatic heterocycles. The van der Waals surface area contributed by atoms with E-state index in [1.165, 1.54) is 29.3 Å². The van der Waals surface area contributed by atoms with Crippen LogP contribution in [0.2, 0.25) is 0 Å². The minimum absolute atomic E-state index is 0.0167. The van der Waals surface area contributed by atoms with Crippen molar-refractivity contribution in [1.82, 2.24) is 4.98 Å². The molecule has 1 atom stereocenters. The van der Waals surface area contributed by atoms with Crippen LogP contribution in [-0.4, -0.2) is 16.7 Å². The van der Waals surface area contributed by atoms with Gasteiger partial charge < -0.3 is 0 Å². The molecule has 4 nitrogen and oxygen atoms in total. The van der Waals surface area contributed by atoms with E-state index < -0.39 is 17.7 Å². The Morgan fingerprint density at radius 3 is 2.54 bits per heavy atom. The van der Waals surface area contributed by atoms with Crippen LogP contribution < -0.4 is 4.90 Å². The highest BCUT2D eigenvalue weighted by molar-refractivity contribution is 6.07. The summed E-state index contributed by atoms with van der Waals surface area (Å²) in [6.45, 7) is 0. The number of amides is 1. The lowest BCUT2D eigenvalue weighted by atomic mass is 9.76. The molecule has 1 aliphatic carbocycles. The summed E-state index contributed by atoms with van der Waals surface area (Å²) in [6, 6.07) is 8.58. The molecule has 4 rings (SSSR count). The number of rotatable bonds is 2. The van der Waals surface area contributed by atoms with Gasteiger partial charge in [-0.1, -0.05) is 18.2 Å². The molecule has 0 saturated carbocycles. The van der Waals surface area contributed by atoms with Crippen LogP contribution in [0.4, 0.5) is 18.9 Å². The Kier molecular flexibility index (Phi) is 4.53. The zero-order chi connectivity index (χ0) is 19.9. The number of benzene rings is 1. The lowest BCUT2D eigenvalue weighted by molar-refractivity contribution is -0.138. The first-order valence-corrected chi connectivity index (χ1v) is 9.03. The van der Waals surface area contributed by atoms with Crippen LogP contribution in [0, 0.1) is 0 Å². The van der Waals surface area contributed by atoms with Gasteiger partial charge in [-0.3, -0.25) is 19.5 Å². The minimum Gasteiger partial charge on any atom is -0.294 e. The Balaban J connectivity index is 1.90. The number of ketones is 1. The maximum absolute atomic E-state index is 13.6. The van der Waals surface area contributed by atoms with Gasteiger partial charge in [-0.2, -0.15) is 13.2 Å². The van der Waals surface area contributed by atoms with Crippen LogP contribution in [0.15, 0.2) is 60.1 Å². The number of nitrogens with zero attached hydrogens (tertiary/aromatic N) is 2. The molecule has 0 fully saturated rings. The average Bonchev–Trinajstić information content (AvgIpc) is 2.67. The molecule has 0 bridgehead atoms. The van der Waals surface area contributed by atoms with E-state index in [-0.39, 0.29) is 30.1 Å². The molecular formula is C21H17F3N2O2. The van der Waals surface area contributed by atoms with E-state index in [4.69, 9.17) is 0 Å². The van der Waals surface area contributed by atoms with Crippen molar-refractivity contribution in [2.75, 3.05) is 4.90 Å². The SMILES string of the molecule is O=C1CCCC2=C1C(c1ccccc1C(F)(F)F)CC(=O)N2c1cccnc1. The highest BCUT2D eigenvalue weighted by Gasteiger charge is 2.43. The number of hydrogen-bond acceptors (Lipinski definition) is 3. The molecule has 7 heteroatoms. The van der Waals surface area contributed by atoms with Crippen molar-refractivity contribution in [3.8, 4) is 0 Å². The van der Waals surface area contributed by atoms with Crippen LogP contribution in [0.5, 0.6) is 0 Å². The van der Waals surface area contributed by atoms with E-state index in [0.29, 0.717) is 29.8 Å². The molecule has 1 unspecified atom stereocenters.